The van der Waals surface area contributed by atoms with Crippen molar-refractivity contribution >= 4 is 11.6 Å². The molecule has 0 radical (unpaired) electrons. The highest BCUT2D eigenvalue weighted by Gasteiger charge is 2.16. The summed E-state index contributed by atoms with van der Waals surface area (Å²) in [6.45, 7) is 1.89. The minimum atomic E-state index is -0.122. The van der Waals surface area contributed by atoms with E-state index in [2.05, 4.69) is 4.98 Å². The Hall–Kier alpha value is -0.500. The maximum Gasteiger partial charge on any atom is 0.212 e. The molecule has 1 aromatic rings. The van der Waals surface area contributed by atoms with E-state index in [0.717, 1.165) is 18.1 Å². The SMILES string of the molecule is CC(Cl)c1ncc(CC2CCCCCC2)o1. The van der Waals surface area contributed by atoms with Gasteiger partial charge in [-0.3, -0.25) is 0 Å². The number of halogens is 1. The minimum absolute atomic E-state index is 0.122. The molecule has 90 valence electrons. The number of hydrogen-bond acceptors (Lipinski definition) is 2. The van der Waals surface area contributed by atoms with Gasteiger partial charge in [-0.1, -0.05) is 38.5 Å². The van der Waals surface area contributed by atoms with Crippen molar-refractivity contribution in [3.63, 3.8) is 0 Å². The van der Waals surface area contributed by atoms with Crippen LogP contribution in [0.25, 0.3) is 0 Å². The van der Waals surface area contributed by atoms with Crippen molar-refractivity contribution < 1.29 is 4.42 Å². The molecule has 0 aromatic carbocycles. The lowest BCUT2D eigenvalue weighted by Gasteiger charge is -2.11. The number of alkyl halides is 1. The highest BCUT2D eigenvalue weighted by atomic mass is 35.5. The van der Waals surface area contributed by atoms with Crippen LogP contribution in [0.15, 0.2) is 10.6 Å². The van der Waals surface area contributed by atoms with Gasteiger partial charge in [0.2, 0.25) is 5.89 Å². The van der Waals surface area contributed by atoms with Crippen molar-refractivity contribution in [3.05, 3.63) is 17.8 Å². The Bertz CT molecular complexity index is 313. The van der Waals surface area contributed by atoms with Crippen LogP contribution in [-0.4, -0.2) is 4.98 Å². The van der Waals surface area contributed by atoms with Gasteiger partial charge in [0, 0.05) is 6.42 Å². The van der Waals surface area contributed by atoms with E-state index in [0.29, 0.717) is 5.89 Å². The van der Waals surface area contributed by atoms with Crippen molar-refractivity contribution in [3.8, 4) is 0 Å². The average Bonchev–Trinajstić information content (AvgIpc) is 2.56. The second kappa shape index (κ2) is 5.72. The van der Waals surface area contributed by atoms with Gasteiger partial charge in [0.25, 0.3) is 0 Å². The van der Waals surface area contributed by atoms with E-state index >= 15 is 0 Å². The molecule has 2 rings (SSSR count). The second-order valence-electron chi connectivity index (χ2n) is 4.84. The van der Waals surface area contributed by atoms with Crippen LogP contribution in [-0.2, 0) is 6.42 Å². The maximum atomic E-state index is 5.93. The van der Waals surface area contributed by atoms with Gasteiger partial charge < -0.3 is 4.42 Å². The van der Waals surface area contributed by atoms with Gasteiger partial charge in [0.1, 0.15) is 11.1 Å². The Balaban J connectivity index is 1.91. The van der Waals surface area contributed by atoms with E-state index in [1.165, 1.54) is 38.5 Å². The van der Waals surface area contributed by atoms with Gasteiger partial charge in [0.05, 0.1) is 6.20 Å². The third-order valence-electron chi connectivity index (χ3n) is 3.38. The molecule has 1 aromatic heterocycles. The molecule has 1 fully saturated rings. The molecule has 0 bridgehead atoms. The van der Waals surface area contributed by atoms with Crippen molar-refractivity contribution in [2.24, 2.45) is 5.92 Å². The first-order valence-corrected chi connectivity index (χ1v) is 6.78. The number of oxazole rings is 1. The fraction of sp³-hybridized carbons (Fsp3) is 0.769. The first-order valence-electron chi connectivity index (χ1n) is 6.34. The van der Waals surface area contributed by atoms with Crippen LogP contribution in [0.2, 0.25) is 0 Å². The predicted molar refractivity (Wildman–Crippen MR) is 65.7 cm³/mol. The van der Waals surface area contributed by atoms with Crippen LogP contribution in [0.1, 0.15) is 62.5 Å². The first kappa shape index (κ1) is 12.0. The number of nitrogens with zero attached hydrogens (tertiary/aromatic N) is 1. The zero-order valence-corrected chi connectivity index (χ0v) is 10.7. The molecule has 0 aliphatic heterocycles. The summed E-state index contributed by atoms with van der Waals surface area (Å²) in [5, 5.41) is -0.122. The normalized spacial score (nSPS) is 20.6. The van der Waals surface area contributed by atoms with Crippen LogP contribution in [0.3, 0.4) is 0 Å². The Morgan fingerprint density at radius 3 is 2.62 bits per heavy atom. The van der Waals surface area contributed by atoms with Gasteiger partial charge in [0.15, 0.2) is 0 Å². The molecule has 0 spiro atoms. The minimum Gasteiger partial charge on any atom is -0.444 e. The Kier molecular flexibility index (Phi) is 4.28. The zero-order chi connectivity index (χ0) is 11.4. The summed E-state index contributed by atoms with van der Waals surface area (Å²) in [5.41, 5.74) is 0. The van der Waals surface area contributed by atoms with Gasteiger partial charge in [-0.05, 0) is 12.8 Å². The van der Waals surface area contributed by atoms with E-state index in [1.807, 2.05) is 13.1 Å². The molecule has 1 heterocycles. The molecule has 1 saturated carbocycles. The standard InChI is InChI=1S/C13H20ClNO/c1-10(14)13-15-9-12(16-13)8-11-6-4-2-3-5-7-11/h9-11H,2-8H2,1H3. The van der Waals surface area contributed by atoms with E-state index < -0.39 is 0 Å². The second-order valence-corrected chi connectivity index (χ2v) is 5.50. The summed E-state index contributed by atoms with van der Waals surface area (Å²) in [6, 6.07) is 0. The smallest absolute Gasteiger partial charge is 0.212 e. The zero-order valence-electron chi connectivity index (χ0n) is 9.92. The fourth-order valence-electron chi connectivity index (χ4n) is 2.45. The Morgan fingerprint density at radius 2 is 2.06 bits per heavy atom. The molecular formula is C13H20ClNO. The van der Waals surface area contributed by atoms with E-state index in [9.17, 15) is 0 Å². The van der Waals surface area contributed by atoms with Crippen molar-refractivity contribution in [1.82, 2.24) is 4.98 Å². The van der Waals surface area contributed by atoms with Crippen LogP contribution in [0, 0.1) is 5.92 Å². The lowest BCUT2D eigenvalue weighted by atomic mass is 9.96. The highest BCUT2D eigenvalue weighted by molar-refractivity contribution is 6.20. The molecule has 16 heavy (non-hydrogen) atoms. The van der Waals surface area contributed by atoms with Gasteiger partial charge >= 0.3 is 0 Å². The number of aromatic nitrogens is 1. The van der Waals surface area contributed by atoms with E-state index in [1.54, 1.807) is 0 Å². The molecule has 0 N–H and O–H groups in total. The van der Waals surface area contributed by atoms with Gasteiger partial charge in [-0.25, -0.2) is 4.98 Å². The molecule has 1 atom stereocenters. The summed E-state index contributed by atoms with van der Waals surface area (Å²) in [6.07, 6.45) is 11.1. The molecule has 1 aliphatic carbocycles. The Morgan fingerprint density at radius 1 is 1.38 bits per heavy atom. The van der Waals surface area contributed by atoms with Gasteiger partial charge in [-0.15, -0.1) is 11.6 Å². The van der Waals surface area contributed by atoms with Crippen molar-refractivity contribution in [2.75, 3.05) is 0 Å². The fourth-order valence-corrected chi connectivity index (χ4v) is 2.55. The molecule has 2 nitrogen and oxygen atoms in total. The van der Waals surface area contributed by atoms with Crippen LogP contribution in [0.5, 0.6) is 0 Å². The molecule has 0 amide bonds. The third-order valence-corrected chi connectivity index (χ3v) is 3.56. The molecular weight excluding hydrogens is 222 g/mol. The summed E-state index contributed by atoms with van der Waals surface area (Å²) in [4.78, 5) is 4.21. The number of rotatable bonds is 3. The molecule has 1 aliphatic rings. The number of hydrogen-bond donors (Lipinski definition) is 0. The van der Waals surface area contributed by atoms with Crippen LogP contribution < -0.4 is 0 Å². The summed E-state index contributed by atoms with van der Waals surface area (Å²) in [5.74, 6) is 2.45. The lowest BCUT2D eigenvalue weighted by molar-refractivity contribution is 0.387. The summed E-state index contributed by atoms with van der Waals surface area (Å²) >= 11 is 5.93. The van der Waals surface area contributed by atoms with E-state index in [-0.39, 0.29) is 5.38 Å². The summed E-state index contributed by atoms with van der Waals surface area (Å²) < 4.78 is 5.65. The lowest BCUT2D eigenvalue weighted by Crippen LogP contribution is -2.02. The van der Waals surface area contributed by atoms with Gasteiger partial charge in [-0.2, -0.15) is 0 Å². The molecule has 0 saturated heterocycles. The third kappa shape index (κ3) is 3.24. The van der Waals surface area contributed by atoms with Crippen molar-refractivity contribution in [1.29, 1.82) is 0 Å². The predicted octanol–water partition coefficient (Wildman–Crippen LogP) is 4.49. The topological polar surface area (TPSA) is 26.0 Å². The molecule has 3 heteroatoms. The van der Waals surface area contributed by atoms with E-state index in [4.69, 9.17) is 16.0 Å². The quantitative estimate of drug-likeness (QED) is 0.576. The monoisotopic (exact) mass is 241 g/mol. The summed E-state index contributed by atoms with van der Waals surface area (Å²) in [7, 11) is 0. The maximum absolute atomic E-state index is 5.93. The average molecular weight is 242 g/mol. The molecule has 1 unspecified atom stereocenters. The first-order chi connectivity index (χ1) is 7.75. The van der Waals surface area contributed by atoms with Crippen molar-refractivity contribution in [2.45, 2.75) is 57.2 Å². The van der Waals surface area contributed by atoms with Crippen LogP contribution >= 0.6 is 11.6 Å². The van der Waals surface area contributed by atoms with Crippen LogP contribution in [0.4, 0.5) is 0 Å². The Labute approximate surface area is 102 Å². The highest BCUT2D eigenvalue weighted by Crippen LogP contribution is 2.27. The largest absolute Gasteiger partial charge is 0.444 e.